The first kappa shape index (κ1) is 11.0. The second-order valence-electron chi connectivity index (χ2n) is 3.97. The van der Waals surface area contributed by atoms with Gasteiger partial charge in [0.15, 0.2) is 0 Å². The van der Waals surface area contributed by atoms with Crippen LogP contribution in [0.1, 0.15) is 20.9 Å². The molecule has 0 saturated carbocycles. The van der Waals surface area contributed by atoms with Gasteiger partial charge in [0, 0.05) is 17.1 Å². The van der Waals surface area contributed by atoms with Crippen LogP contribution in [-0.4, -0.2) is 15.8 Å². The lowest BCUT2D eigenvalue weighted by Crippen LogP contribution is -2.02. The Balaban J connectivity index is 2.21. The first-order valence-electron chi connectivity index (χ1n) is 5.56. The van der Waals surface area contributed by atoms with Gasteiger partial charge in [-0.25, -0.2) is 4.98 Å². The number of rotatable bonds is 2. The van der Waals surface area contributed by atoms with Gasteiger partial charge >= 0.3 is 0 Å². The molecule has 0 aliphatic rings. The van der Waals surface area contributed by atoms with Crippen LogP contribution in [0.5, 0.6) is 0 Å². The normalized spacial score (nSPS) is 10.7. The van der Waals surface area contributed by atoms with Crippen molar-refractivity contribution in [2.75, 3.05) is 0 Å². The highest BCUT2D eigenvalue weighted by atomic mass is 32.1. The zero-order valence-corrected chi connectivity index (χ0v) is 10.6. The summed E-state index contributed by atoms with van der Waals surface area (Å²) in [6.45, 7) is 1.85. The monoisotopic (exact) mass is 254 g/mol. The number of aryl methyl sites for hydroxylation is 1. The minimum Gasteiger partial charge on any atom is -0.288 e. The van der Waals surface area contributed by atoms with Gasteiger partial charge in [0.25, 0.3) is 0 Å². The van der Waals surface area contributed by atoms with Crippen molar-refractivity contribution < 1.29 is 4.79 Å². The predicted molar refractivity (Wildman–Crippen MR) is 72.0 cm³/mol. The van der Waals surface area contributed by atoms with Crippen LogP contribution in [0.2, 0.25) is 0 Å². The van der Waals surface area contributed by atoms with E-state index in [0.29, 0.717) is 10.4 Å². The fourth-order valence-corrected chi connectivity index (χ4v) is 2.70. The number of benzene rings is 1. The van der Waals surface area contributed by atoms with Gasteiger partial charge in [-0.15, -0.1) is 11.3 Å². The molecule has 0 fully saturated rings. The van der Waals surface area contributed by atoms with Crippen molar-refractivity contribution in [3.8, 4) is 0 Å². The Hall–Kier alpha value is -2.07. The smallest absolute Gasteiger partial charge is 0.205 e. The minimum absolute atomic E-state index is 0.0219. The van der Waals surface area contributed by atoms with E-state index in [1.807, 2.05) is 37.3 Å². The largest absolute Gasteiger partial charge is 0.288 e. The molecular weight excluding hydrogens is 244 g/mol. The first-order chi connectivity index (χ1) is 8.77. The molecule has 88 valence electrons. The van der Waals surface area contributed by atoms with E-state index in [4.69, 9.17) is 0 Å². The summed E-state index contributed by atoms with van der Waals surface area (Å²) in [6, 6.07) is 9.38. The summed E-state index contributed by atoms with van der Waals surface area (Å²) in [5, 5.41) is 0.887. The number of pyridine rings is 1. The lowest BCUT2D eigenvalue weighted by atomic mass is 10.0. The Morgan fingerprint density at radius 2 is 2.06 bits per heavy atom. The summed E-state index contributed by atoms with van der Waals surface area (Å²) in [7, 11) is 0. The summed E-state index contributed by atoms with van der Waals surface area (Å²) in [5.74, 6) is 0.0219. The lowest BCUT2D eigenvalue weighted by Gasteiger charge is -2.03. The second-order valence-corrected chi connectivity index (χ2v) is 4.83. The van der Waals surface area contributed by atoms with Crippen LogP contribution < -0.4 is 0 Å². The Labute approximate surface area is 108 Å². The summed E-state index contributed by atoms with van der Waals surface area (Å²) in [5.41, 5.74) is 4.01. The number of nitrogens with zero attached hydrogens (tertiary/aromatic N) is 2. The number of aromatic nitrogens is 2. The zero-order valence-electron chi connectivity index (χ0n) is 9.75. The molecule has 0 unspecified atom stereocenters. The third kappa shape index (κ3) is 1.71. The van der Waals surface area contributed by atoms with Gasteiger partial charge in [0.1, 0.15) is 0 Å². The van der Waals surface area contributed by atoms with Gasteiger partial charge in [-0.3, -0.25) is 9.78 Å². The van der Waals surface area contributed by atoms with Crippen molar-refractivity contribution in [3.63, 3.8) is 0 Å². The van der Waals surface area contributed by atoms with E-state index in [-0.39, 0.29) is 5.78 Å². The van der Waals surface area contributed by atoms with E-state index in [1.165, 1.54) is 11.3 Å². The van der Waals surface area contributed by atoms with Gasteiger partial charge in [0.2, 0.25) is 5.78 Å². The van der Waals surface area contributed by atoms with Crippen LogP contribution >= 0.6 is 11.3 Å². The van der Waals surface area contributed by atoms with Crippen LogP contribution in [0.4, 0.5) is 0 Å². The van der Waals surface area contributed by atoms with Gasteiger partial charge in [0.05, 0.1) is 21.6 Å². The number of hydrogen-bond donors (Lipinski definition) is 0. The number of fused-ring (bicyclic) bond motifs is 1. The first-order valence-corrected chi connectivity index (χ1v) is 6.44. The molecule has 3 rings (SSSR count). The summed E-state index contributed by atoms with van der Waals surface area (Å²) in [4.78, 5) is 21.6. The zero-order chi connectivity index (χ0) is 12.5. The molecule has 4 heteroatoms. The maximum atomic E-state index is 12.5. The topological polar surface area (TPSA) is 42.9 Å². The molecule has 2 heterocycles. The second kappa shape index (κ2) is 4.31. The molecule has 0 atom stereocenters. The average Bonchev–Trinajstić information content (AvgIpc) is 2.83. The van der Waals surface area contributed by atoms with Gasteiger partial charge in [-0.2, -0.15) is 0 Å². The van der Waals surface area contributed by atoms with Crippen LogP contribution in [0.25, 0.3) is 10.9 Å². The Morgan fingerprint density at radius 1 is 1.17 bits per heavy atom. The van der Waals surface area contributed by atoms with Gasteiger partial charge in [-0.05, 0) is 19.1 Å². The Morgan fingerprint density at radius 3 is 2.83 bits per heavy atom. The quantitative estimate of drug-likeness (QED) is 0.659. The lowest BCUT2D eigenvalue weighted by molar-refractivity contribution is 0.104. The fourth-order valence-electron chi connectivity index (χ4n) is 1.94. The van der Waals surface area contributed by atoms with E-state index in [0.717, 1.165) is 16.6 Å². The molecule has 3 aromatic rings. The molecule has 0 spiro atoms. The number of ketones is 1. The molecule has 0 N–H and O–H groups in total. The van der Waals surface area contributed by atoms with Gasteiger partial charge < -0.3 is 0 Å². The van der Waals surface area contributed by atoms with E-state index in [1.54, 1.807) is 11.7 Å². The molecule has 0 aliphatic heterocycles. The standard InChI is InChI=1S/C14H10N2OS/c1-9-14(18-8-16-9)13(17)11-4-2-6-12-10(11)5-3-7-15-12/h2-8H,1H3. The van der Waals surface area contributed by atoms with Crippen molar-refractivity contribution in [2.24, 2.45) is 0 Å². The van der Waals surface area contributed by atoms with Crippen molar-refractivity contribution in [1.82, 2.24) is 9.97 Å². The molecular formula is C14H10N2OS. The minimum atomic E-state index is 0.0219. The average molecular weight is 254 g/mol. The predicted octanol–water partition coefficient (Wildman–Crippen LogP) is 3.23. The number of carbonyl (C=O) groups is 1. The maximum absolute atomic E-state index is 12.5. The van der Waals surface area contributed by atoms with E-state index >= 15 is 0 Å². The molecule has 18 heavy (non-hydrogen) atoms. The van der Waals surface area contributed by atoms with Gasteiger partial charge in [-0.1, -0.05) is 18.2 Å². The van der Waals surface area contributed by atoms with Crippen LogP contribution in [0, 0.1) is 6.92 Å². The highest BCUT2D eigenvalue weighted by Gasteiger charge is 2.16. The maximum Gasteiger partial charge on any atom is 0.205 e. The van der Waals surface area contributed by atoms with Crippen molar-refractivity contribution in [2.45, 2.75) is 6.92 Å². The summed E-state index contributed by atoms with van der Waals surface area (Å²) in [6.07, 6.45) is 1.73. The number of hydrogen-bond acceptors (Lipinski definition) is 4. The molecule has 1 aromatic carbocycles. The van der Waals surface area contributed by atoms with Crippen molar-refractivity contribution in [3.05, 3.63) is 58.2 Å². The van der Waals surface area contributed by atoms with E-state index in [2.05, 4.69) is 9.97 Å². The van der Waals surface area contributed by atoms with E-state index < -0.39 is 0 Å². The summed E-state index contributed by atoms with van der Waals surface area (Å²) >= 11 is 1.38. The highest BCUT2D eigenvalue weighted by molar-refractivity contribution is 7.12. The summed E-state index contributed by atoms with van der Waals surface area (Å²) < 4.78 is 0. The third-order valence-corrected chi connectivity index (χ3v) is 3.77. The van der Waals surface area contributed by atoms with Crippen LogP contribution in [0.3, 0.4) is 0 Å². The molecule has 0 bridgehead atoms. The molecule has 0 amide bonds. The van der Waals surface area contributed by atoms with Crippen molar-refractivity contribution in [1.29, 1.82) is 0 Å². The van der Waals surface area contributed by atoms with Crippen molar-refractivity contribution >= 4 is 28.0 Å². The number of thiazole rings is 1. The fraction of sp³-hybridized carbons (Fsp3) is 0.0714. The molecule has 0 saturated heterocycles. The van der Waals surface area contributed by atoms with Crippen LogP contribution in [0.15, 0.2) is 42.0 Å². The molecule has 0 radical (unpaired) electrons. The molecule has 3 nitrogen and oxygen atoms in total. The molecule has 0 aliphatic carbocycles. The van der Waals surface area contributed by atoms with Crippen LogP contribution in [-0.2, 0) is 0 Å². The SMILES string of the molecule is Cc1ncsc1C(=O)c1cccc2ncccc12. The highest BCUT2D eigenvalue weighted by Crippen LogP contribution is 2.23. The molecule has 2 aromatic heterocycles. The van der Waals surface area contributed by atoms with E-state index in [9.17, 15) is 4.79 Å². The Bertz CT molecular complexity index is 728. The third-order valence-electron chi connectivity index (χ3n) is 2.84. The Kier molecular flexibility index (Phi) is 2.64. The number of carbonyl (C=O) groups excluding carboxylic acids is 1.